The molecule has 2 aliphatic rings. The van der Waals surface area contributed by atoms with Crippen molar-refractivity contribution in [3.8, 4) is 0 Å². The normalized spacial score (nSPS) is 20.9. The number of hydrogen-bond acceptors (Lipinski definition) is 4. The molecule has 0 saturated carbocycles. The molecule has 1 atom stereocenters. The molecule has 2 amide bonds. The Morgan fingerprint density at radius 3 is 2.93 bits per heavy atom. The maximum absolute atomic E-state index is 13.3. The van der Waals surface area contributed by atoms with Crippen LogP contribution in [0.2, 0.25) is 0 Å². The van der Waals surface area contributed by atoms with E-state index >= 15 is 0 Å². The van der Waals surface area contributed by atoms with Gasteiger partial charge in [-0.15, -0.1) is 0 Å². The second-order valence-corrected chi connectivity index (χ2v) is 8.70. The molecule has 29 heavy (non-hydrogen) atoms. The molecule has 2 aromatic rings. The lowest BCUT2D eigenvalue weighted by Gasteiger charge is -2.40. The summed E-state index contributed by atoms with van der Waals surface area (Å²) in [4.78, 5) is 29.2. The number of fused-ring (bicyclic) bond motifs is 2. The van der Waals surface area contributed by atoms with Crippen LogP contribution < -0.4 is 5.32 Å². The number of amides is 2. The van der Waals surface area contributed by atoms with Gasteiger partial charge in [-0.25, -0.2) is 0 Å². The van der Waals surface area contributed by atoms with Gasteiger partial charge in [0.05, 0.1) is 12.7 Å². The minimum absolute atomic E-state index is 0.00714. The van der Waals surface area contributed by atoms with Crippen LogP contribution in [0.3, 0.4) is 0 Å². The molecule has 1 aromatic heterocycles. The van der Waals surface area contributed by atoms with Gasteiger partial charge in [-0.1, -0.05) is 6.07 Å². The van der Waals surface area contributed by atoms with Crippen LogP contribution in [0.5, 0.6) is 0 Å². The first-order valence-electron chi connectivity index (χ1n) is 10.3. The van der Waals surface area contributed by atoms with E-state index in [1.165, 1.54) is 11.3 Å². The highest BCUT2D eigenvalue weighted by molar-refractivity contribution is 5.98. The fraction of sp³-hybridized carbons (Fsp3) is 0.500. The topological polar surface area (TPSA) is 81.3 Å². The standard InChI is InChI=1S/C22H29N5O2/c1-15-5-6-16(11-18(15)24-19(28)13-26(2)3)21(29)27-10-4-8-22(14-27)9-7-17-12-23-25-20(17)22/h5-6,11-12H,4,7-10,13-14H2,1-3H3,(H,23,25)(H,24,28). The SMILES string of the molecule is Cc1ccc(C(=O)N2CCCC3(CCc4cn[nH]c43)C2)cc1NC(=O)CN(C)C. The number of hydrogen-bond donors (Lipinski definition) is 2. The van der Waals surface area contributed by atoms with Crippen LogP contribution >= 0.6 is 0 Å². The molecule has 1 saturated heterocycles. The van der Waals surface area contributed by atoms with Crippen LogP contribution in [0.15, 0.2) is 24.4 Å². The molecule has 2 heterocycles. The Morgan fingerprint density at radius 2 is 2.14 bits per heavy atom. The van der Waals surface area contributed by atoms with E-state index in [-0.39, 0.29) is 17.2 Å². The minimum Gasteiger partial charge on any atom is -0.338 e. The van der Waals surface area contributed by atoms with Crippen molar-refractivity contribution >= 4 is 17.5 Å². The second kappa shape index (κ2) is 7.63. The van der Waals surface area contributed by atoms with Crippen molar-refractivity contribution in [2.45, 2.75) is 38.0 Å². The summed E-state index contributed by atoms with van der Waals surface area (Å²) in [6.45, 7) is 3.73. The number of rotatable bonds is 4. The number of aromatic amines is 1. The summed E-state index contributed by atoms with van der Waals surface area (Å²) in [5, 5.41) is 10.3. The van der Waals surface area contributed by atoms with Gasteiger partial charge in [0.1, 0.15) is 0 Å². The number of carbonyl (C=O) groups excluding carboxylic acids is 2. The average Bonchev–Trinajstić information content (AvgIpc) is 3.27. The molecular weight excluding hydrogens is 366 g/mol. The van der Waals surface area contributed by atoms with Gasteiger partial charge in [-0.3, -0.25) is 14.7 Å². The number of benzene rings is 1. The molecule has 1 unspecified atom stereocenters. The first-order chi connectivity index (χ1) is 13.9. The summed E-state index contributed by atoms with van der Waals surface area (Å²) >= 11 is 0. The van der Waals surface area contributed by atoms with Crippen molar-refractivity contribution in [3.05, 3.63) is 46.8 Å². The Bertz CT molecular complexity index is 935. The van der Waals surface area contributed by atoms with E-state index < -0.39 is 0 Å². The zero-order valence-electron chi connectivity index (χ0n) is 17.4. The molecule has 1 fully saturated rings. The van der Waals surface area contributed by atoms with E-state index in [0.717, 1.165) is 44.3 Å². The number of aromatic nitrogens is 2. The minimum atomic E-state index is -0.0858. The Labute approximate surface area is 171 Å². The molecule has 2 N–H and O–H groups in total. The zero-order valence-corrected chi connectivity index (χ0v) is 17.4. The zero-order chi connectivity index (χ0) is 20.6. The van der Waals surface area contributed by atoms with Crippen LogP contribution in [0.4, 0.5) is 5.69 Å². The van der Waals surface area contributed by atoms with Crippen molar-refractivity contribution in [1.29, 1.82) is 0 Å². The van der Waals surface area contributed by atoms with Gasteiger partial charge in [0.25, 0.3) is 5.91 Å². The molecule has 154 valence electrons. The molecule has 1 aliphatic carbocycles. The van der Waals surface area contributed by atoms with E-state index in [2.05, 4.69) is 15.5 Å². The van der Waals surface area contributed by atoms with Crippen LogP contribution in [0, 0.1) is 6.92 Å². The number of anilines is 1. The van der Waals surface area contributed by atoms with Gasteiger partial charge in [0.2, 0.25) is 5.91 Å². The van der Waals surface area contributed by atoms with E-state index in [9.17, 15) is 9.59 Å². The first kappa shape index (κ1) is 19.6. The molecule has 4 rings (SSSR count). The molecule has 0 radical (unpaired) electrons. The molecule has 1 aromatic carbocycles. The Balaban J connectivity index is 1.52. The summed E-state index contributed by atoms with van der Waals surface area (Å²) < 4.78 is 0. The highest BCUT2D eigenvalue weighted by Crippen LogP contribution is 2.44. The van der Waals surface area contributed by atoms with E-state index in [1.54, 1.807) is 0 Å². The quantitative estimate of drug-likeness (QED) is 0.833. The van der Waals surface area contributed by atoms with Crippen LogP contribution in [-0.4, -0.2) is 65.5 Å². The van der Waals surface area contributed by atoms with Crippen LogP contribution in [-0.2, 0) is 16.6 Å². The molecule has 1 aliphatic heterocycles. The maximum Gasteiger partial charge on any atom is 0.253 e. The summed E-state index contributed by atoms with van der Waals surface area (Å²) in [6.07, 6.45) is 6.10. The largest absolute Gasteiger partial charge is 0.338 e. The number of H-pyrrole nitrogens is 1. The molecular formula is C22H29N5O2. The lowest BCUT2D eigenvalue weighted by molar-refractivity contribution is -0.116. The molecule has 7 heteroatoms. The van der Waals surface area contributed by atoms with Crippen LogP contribution in [0.1, 0.15) is 46.4 Å². The van der Waals surface area contributed by atoms with Gasteiger partial charge < -0.3 is 15.1 Å². The highest BCUT2D eigenvalue weighted by Gasteiger charge is 2.44. The average molecular weight is 396 g/mol. The first-order valence-corrected chi connectivity index (χ1v) is 10.3. The Kier molecular flexibility index (Phi) is 5.17. The van der Waals surface area contributed by atoms with Gasteiger partial charge >= 0.3 is 0 Å². The summed E-state index contributed by atoms with van der Waals surface area (Å²) in [7, 11) is 3.71. The Morgan fingerprint density at radius 1 is 1.31 bits per heavy atom. The number of nitrogens with zero attached hydrogens (tertiary/aromatic N) is 3. The number of nitrogens with one attached hydrogen (secondary N) is 2. The van der Waals surface area contributed by atoms with Crippen molar-refractivity contribution in [3.63, 3.8) is 0 Å². The molecule has 7 nitrogen and oxygen atoms in total. The summed E-state index contributed by atoms with van der Waals surface area (Å²) in [6, 6.07) is 5.57. The lowest BCUT2D eigenvalue weighted by atomic mass is 9.77. The fourth-order valence-electron chi connectivity index (χ4n) is 4.72. The van der Waals surface area contributed by atoms with Gasteiger partial charge in [-0.2, -0.15) is 5.10 Å². The highest BCUT2D eigenvalue weighted by atomic mass is 16.2. The lowest BCUT2D eigenvalue weighted by Crippen LogP contribution is -2.47. The van der Waals surface area contributed by atoms with Crippen molar-refractivity contribution in [1.82, 2.24) is 20.0 Å². The maximum atomic E-state index is 13.3. The van der Waals surface area contributed by atoms with E-state index in [0.29, 0.717) is 17.8 Å². The second-order valence-electron chi connectivity index (χ2n) is 8.70. The van der Waals surface area contributed by atoms with Crippen LogP contribution in [0.25, 0.3) is 0 Å². The predicted octanol–water partition coefficient (Wildman–Crippen LogP) is 2.34. The number of carbonyl (C=O) groups is 2. The smallest absolute Gasteiger partial charge is 0.253 e. The molecule has 1 spiro atoms. The third-order valence-electron chi connectivity index (χ3n) is 6.20. The third-order valence-corrected chi connectivity index (χ3v) is 6.20. The molecule has 0 bridgehead atoms. The Hall–Kier alpha value is -2.67. The van der Waals surface area contributed by atoms with Crippen molar-refractivity contribution in [2.24, 2.45) is 0 Å². The van der Waals surface area contributed by atoms with Crippen molar-refractivity contribution in [2.75, 3.05) is 39.0 Å². The monoisotopic (exact) mass is 395 g/mol. The van der Waals surface area contributed by atoms with E-state index in [1.807, 2.05) is 55.2 Å². The number of likely N-dealkylation sites (tertiary alicyclic amines) is 1. The van der Waals surface area contributed by atoms with Gasteiger partial charge in [0, 0.05) is 35.4 Å². The van der Waals surface area contributed by atoms with Gasteiger partial charge in [-0.05, 0) is 70.0 Å². The third kappa shape index (κ3) is 3.79. The predicted molar refractivity (Wildman–Crippen MR) is 112 cm³/mol. The fourth-order valence-corrected chi connectivity index (χ4v) is 4.72. The van der Waals surface area contributed by atoms with E-state index in [4.69, 9.17) is 0 Å². The summed E-state index contributed by atoms with van der Waals surface area (Å²) in [5.74, 6) is -0.0579. The number of likely N-dealkylation sites (N-methyl/N-ethyl adjacent to an activating group) is 1. The number of piperidine rings is 1. The van der Waals surface area contributed by atoms with Crippen molar-refractivity contribution < 1.29 is 9.59 Å². The van der Waals surface area contributed by atoms with Gasteiger partial charge in [0.15, 0.2) is 0 Å². The summed E-state index contributed by atoms with van der Waals surface area (Å²) in [5.41, 5.74) is 4.78. The number of aryl methyl sites for hydroxylation is 2.